The fraction of sp³-hybridized carbons (Fsp3) is 0.700. The average Bonchev–Trinajstić information content (AvgIpc) is 2.53. The molecule has 1 fully saturated rings. The van der Waals surface area contributed by atoms with Crippen molar-refractivity contribution in [2.75, 3.05) is 13.2 Å². The summed E-state index contributed by atoms with van der Waals surface area (Å²) in [5, 5.41) is 30.3. The smallest absolute Gasteiger partial charge is 0.122 e. The Morgan fingerprint density at radius 3 is 2.52 bits per heavy atom. The molecule has 23 heavy (non-hydrogen) atoms. The van der Waals surface area contributed by atoms with Gasteiger partial charge in [-0.2, -0.15) is 0 Å². The van der Waals surface area contributed by atoms with Crippen molar-refractivity contribution in [3.63, 3.8) is 0 Å². The van der Waals surface area contributed by atoms with Gasteiger partial charge in [0.15, 0.2) is 0 Å². The molecule has 0 amide bonds. The van der Waals surface area contributed by atoms with Crippen molar-refractivity contribution in [2.45, 2.75) is 57.8 Å². The number of aliphatic hydroxyl groups excluding tert-OH is 2. The predicted octanol–water partition coefficient (Wildman–Crippen LogP) is 3.35. The molecule has 2 aliphatic rings. The summed E-state index contributed by atoms with van der Waals surface area (Å²) in [6, 6.07) is 4.29. The second-order valence-corrected chi connectivity index (χ2v) is 8.07. The second kappa shape index (κ2) is 6.10. The van der Waals surface area contributed by atoms with Crippen molar-refractivity contribution >= 4 is 0 Å². The first-order chi connectivity index (χ1) is 10.9. The molecule has 2 aliphatic carbocycles. The lowest BCUT2D eigenvalue weighted by Crippen LogP contribution is -2.49. The molecule has 0 aliphatic heterocycles. The van der Waals surface area contributed by atoms with Crippen molar-refractivity contribution in [1.82, 2.24) is 0 Å². The number of phenols is 1. The third-order valence-corrected chi connectivity index (χ3v) is 6.68. The van der Waals surface area contributed by atoms with Gasteiger partial charge in [-0.3, -0.25) is 0 Å². The van der Waals surface area contributed by atoms with Crippen LogP contribution in [0.3, 0.4) is 0 Å². The van der Waals surface area contributed by atoms with Gasteiger partial charge in [0, 0.05) is 13.2 Å². The Bertz CT molecular complexity index is 580. The van der Waals surface area contributed by atoms with E-state index in [4.69, 9.17) is 0 Å². The van der Waals surface area contributed by atoms with Crippen LogP contribution in [0.2, 0.25) is 0 Å². The highest BCUT2D eigenvalue weighted by atomic mass is 16.3. The Morgan fingerprint density at radius 1 is 1.17 bits per heavy atom. The van der Waals surface area contributed by atoms with E-state index in [-0.39, 0.29) is 30.5 Å². The van der Waals surface area contributed by atoms with Crippen LogP contribution >= 0.6 is 0 Å². The molecule has 128 valence electrons. The number of aromatic hydroxyl groups is 1. The topological polar surface area (TPSA) is 60.7 Å². The zero-order valence-corrected chi connectivity index (χ0v) is 14.5. The van der Waals surface area contributed by atoms with Crippen molar-refractivity contribution in [1.29, 1.82) is 0 Å². The minimum Gasteiger partial charge on any atom is -0.507 e. The Morgan fingerprint density at radius 2 is 1.91 bits per heavy atom. The van der Waals surface area contributed by atoms with E-state index in [2.05, 4.69) is 32.9 Å². The number of hydrogen-bond donors (Lipinski definition) is 3. The molecule has 0 heterocycles. The largest absolute Gasteiger partial charge is 0.507 e. The standard InChI is InChI=1S/C20H30O3/c1-12(2)14-4-6-17-15(19(14)23)5-7-18-16(11-22)13(10-21)8-9-20(17,18)3/h4,6,12-13,16,18,21-23H,5,7-11H2,1-3H3/t13-,16+,18+,20-/m1/s1. The van der Waals surface area contributed by atoms with Crippen LogP contribution in [-0.2, 0) is 11.8 Å². The Kier molecular flexibility index (Phi) is 4.45. The molecule has 0 bridgehead atoms. The molecule has 1 saturated carbocycles. The SMILES string of the molecule is CC(C)c1ccc2c(c1O)CC[C@H]1[C@@H](CO)[C@@H](CO)CC[C@]21C. The predicted molar refractivity (Wildman–Crippen MR) is 91.7 cm³/mol. The fourth-order valence-corrected chi connectivity index (χ4v) is 5.26. The maximum Gasteiger partial charge on any atom is 0.122 e. The number of fused-ring (bicyclic) bond motifs is 3. The highest BCUT2D eigenvalue weighted by Crippen LogP contribution is 2.55. The Labute approximate surface area is 139 Å². The van der Waals surface area contributed by atoms with Crippen LogP contribution in [0.4, 0.5) is 0 Å². The first-order valence-corrected chi connectivity index (χ1v) is 9.01. The highest BCUT2D eigenvalue weighted by molar-refractivity contribution is 5.51. The van der Waals surface area contributed by atoms with Gasteiger partial charge in [-0.25, -0.2) is 0 Å². The van der Waals surface area contributed by atoms with Gasteiger partial charge in [0.05, 0.1) is 0 Å². The van der Waals surface area contributed by atoms with Crippen LogP contribution in [0.15, 0.2) is 12.1 Å². The van der Waals surface area contributed by atoms with Crippen molar-refractivity contribution in [3.8, 4) is 5.75 Å². The molecule has 3 heteroatoms. The molecule has 0 spiro atoms. The van der Waals surface area contributed by atoms with E-state index in [1.54, 1.807) is 0 Å². The van der Waals surface area contributed by atoms with Crippen LogP contribution in [0, 0.1) is 17.8 Å². The molecule has 3 nitrogen and oxygen atoms in total. The van der Waals surface area contributed by atoms with Gasteiger partial charge in [-0.15, -0.1) is 0 Å². The summed E-state index contributed by atoms with van der Waals surface area (Å²) in [6.45, 7) is 6.84. The van der Waals surface area contributed by atoms with Crippen LogP contribution in [-0.4, -0.2) is 28.5 Å². The zero-order chi connectivity index (χ0) is 16.8. The minimum atomic E-state index is -0.000358. The van der Waals surface area contributed by atoms with E-state index in [9.17, 15) is 15.3 Å². The summed E-state index contributed by atoms with van der Waals surface area (Å²) in [5.41, 5.74) is 3.42. The Balaban J connectivity index is 2.05. The monoisotopic (exact) mass is 318 g/mol. The molecule has 1 aromatic rings. The van der Waals surface area contributed by atoms with Gasteiger partial charge < -0.3 is 15.3 Å². The van der Waals surface area contributed by atoms with Crippen molar-refractivity contribution in [2.24, 2.45) is 17.8 Å². The lowest BCUT2D eigenvalue weighted by atomic mass is 9.52. The summed E-state index contributed by atoms with van der Waals surface area (Å²) >= 11 is 0. The summed E-state index contributed by atoms with van der Waals surface area (Å²) in [5.74, 6) is 1.57. The lowest BCUT2D eigenvalue weighted by molar-refractivity contribution is -0.00650. The normalized spacial score (nSPS) is 33.4. The molecule has 0 saturated heterocycles. The summed E-state index contributed by atoms with van der Waals surface area (Å²) in [4.78, 5) is 0. The van der Waals surface area contributed by atoms with E-state index in [1.165, 1.54) is 5.56 Å². The van der Waals surface area contributed by atoms with Gasteiger partial charge in [0.1, 0.15) is 5.75 Å². The van der Waals surface area contributed by atoms with E-state index in [0.29, 0.717) is 17.6 Å². The first kappa shape index (κ1) is 16.8. The average molecular weight is 318 g/mol. The maximum atomic E-state index is 10.7. The zero-order valence-electron chi connectivity index (χ0n) is 14.5. The number of benzene rings is 1. The molecule has 3 N–H and O–H groups in total. The highest BCUT2D eigenvalue weighted by Gasteiger charge is 2.49. The van der Waals surface area contributed by atoms with Crippen molar-refractivity contribution in [3.05, 3.63) is 28.8 Å². The van der Waals surface area contributed by atoms with Gasteiger partial charge in [-0.1, -0.05) is 32.9 Å². The van der Waals surface area contributed by atoms with Crippen molar-refractivity contribution < 1.29 is 15.3 Å². The van der Waals surface area contributed by atoms with E-state index >= 15 is 0 Å². The fourth-order valence-electron chi connectivity index (χ4n) is 5.26. The van der Waals surface area contributed by atoms with Crippen LogP contribution in [0.25, 0.3) is 0 Å². The molecule has 1 aromatic carbocycles. The number of aliphatic hydroxyl groups is 2. The second-order valence-electron chi connectivity index (χ2n) is 8.07. The molecular formula is C20H30O3. The van der Waals surface area contributed by atoms with Crippen LogP contribution < -0.4 is 0 Å². The van der Waals surface area contributed by atoms with Gasteiger partial charge in [0.25, 0.3) is 0 Å². The molecule has 0 aromatic heterocycles. The number of phenolic OH excluding ortho intramolecular Hbond substituents is 1. The van der Waals surface area contributed by atoms with Gasteiger partial charge >= 0.3 is 0 Å². The molecule has 3 rings (SSSR count). The Hall–Kier alpha value is -1.06. The molecule has 0 unspecified atom stereocenters. The number of hydrogen-bond acceptors (Lipinski definition) is 3. The van der Waals surface area contributed by atoms with E-state index < -0.39 is 0 Å². The van der Waals surface area contributed by atoms with E-state index in [0.717, 1.165) is 36.8 Å². The minimum absolute atomic E-state index is 0.000358. The van der Waals surface area contributed by atoms with Gasteiger partial charge in [0.2, 0.25) is 0 Å². The maximum absolute atomic E-state index is 10.7. The third-order valence-electron chi connectivity index (χ3n) is 6.68. The van der Waals surface area contributed by atoms with Gasteiger partial charge in [-0.05, 0) is 71.5 Å². The third kappa shape index (κ3) is 2.49. The molecular weight excluding hydrogens is 288 g/mol. The summed E-state index contributed by atoms with van der Waals surface area (Å²) in [7, 11) is 0. The molecule has 4 atom stereocenters. The summed E-state index contributed by atoms with van der Waals surface area (Å²) < 4.78 is 0. The van der Waals surface area contributed by atoms with E-state index in [1.807, 2.05) is 0 Å². The first-order valence-electron chi connectivity index (χ1n) is 9.01. The van der Waals surface area contributed by atoms with Crippen LogP contribution in [0.1, 0.15) is 62.6 Å². The van der Waals surface area contributed by atoms with Crippen LogP contribution in [0.5, 0.6) is 5.75 Å². The molecule has 0 radical (unpaired) electrons. The lowest BCUT2D eigenvalue weighted by Gasteiger charge is -2.52. The number of rotatable bonds is 3. The summed E-state index contributed by atoms with van der Waals surface area (Å²) in [6.07, 6.45) is 3.82. The quantitative estimate of drug-likeness (QED) is 0.801.